The molecule has 1 aromatic carbocycles. The summed E-state index contributed by atoms with van der Waals surface area (Å²) in [5.74, 6) is 0.245. The second-order valence-electron chi connectivity index (χ2n) is 8.71. The van der Waals surface area contributed by atoms with Crippen molar-refractivity contribution in [1.29, 1.82) is 0 Å². The Morgan fingerprint density at radius 3 is 2.41 bits per heavy atom. The first-order chi connectivity index (χ1) is 13.9. The van der Waals surface area contributed by atoms with E-state index in [4.69, 9.17) is 5.10 Å². The summed E-state index contributed by atoms with van der Waals surface area (Å²) in [5.41, 5.74) is 5.37. The standard InChI is InChI=1S/C24H36N4O/c1-18-11-9-10-14-23(18)28-20(3)22(19(2)25-28)17-24(29)27(16-15-26(4)5)21-12-7-6-8-13-21/h9-11,14,21H,6-8,12-13,15-17H2,1-5H3. The van der Waals surface area contributed by atoms with Crippen LogP contribution in [0.25, 0.3) is 5.69 Å². The zero-order valence-corrected chi connectivity index (χ0v) is 18.7. The minimum absolute atomic E-state index is 0.245. The molecule has 1 aromatic heterocycles. The molecule has 3 rings (SSSR count). The Balaban J connectivity index is 1.83. The minimum Gasteiger partial charge on any atom is -0.338 e. The summed E-state index contributed by atoms with van der Waals surface area (Å²) in [6, 6.07) is 8.66. The topological polar surface area (TPSA) is 41.4 Å². The zero-order valence-electron chi connectivity index (χ0n) is 18.7. The highest BCUT2D eigenvalue weighted by Crippen LogP contribution is 2.25. The van der Waals surface area contributed by atoms with Gasteiger partial charge in [0.05, 0.1) is 17.8 Å². The number of amides is 1. The van der Waals surface area contributed by atoms with Gasteiger partial charge in [-0.2, -0.15) is 5.10 Å². The molecule has 0 radical (unpaired) electrons. The van der Waals surface area contributed by atoms with Gasteiger partial charge in [-0.25, -0.2) is 4.68 Å². The molecule has 1 fully saturated rings. The van der Waals surface area contributed by atoms with Crippen molar-refractivity contribution in [3.05, 3.63) is 46.8 Å². The number of likely N-dealkylation sites (N-methyl/N-ethyl adjacent to an activating group) is 1. The van der Waals surface area contributed by atoms with Gasteiger partial charge in [-0.05, 0) is 59.3 Å². The summed E-state index contributed by atoms with van der Waals surface area (Å²) in [5, 5.41) is 4.78. The molecule has 0 spiro atoms. The summed E-state index contributed by atoms with van der Waals surface area (Å²) < 4.78 is 2.00. The fourth-order valence-electron chi connectivity index (χ4n) is 4.43. The SMILES string of the molecule is Cc1ccccc1-n1nc(C)c(CC(=O)N(CCN(C)C)C2CCCCC2)c1C. The van der Waals surface area contributed by atoms with Crippen molar-refractivity contribution in [2.45, 2.75) is 65.3 Å². The molecule has 1 amide bonds. The Bertz CT molecular complexity index is 833. The van der Waals surface area contributed by atoms with Crippen molar-refractivity contribution in [1.82, 2.24) is 19.6 Å². The molecule has 29 heavy (non-hydrogen) atoms. The largest absolute Gasteiger partial charge is 0.338 e. The van der Waals surface area contributed by atoms with Crippen LogP contribution in [0.2, 0.25) is 0 Å². The number of aromatic nitrogens is 2. The molecule has 5 nitrogen and oxygen atoms in total. The zero-order chi connectivity index (χ0) is 21.0. The average molecular weight is 397 g/mol. The number of benzene rings is 1. The van der Waals surface area contributed by atoms with Gasteiger partial charge in [-0.15, -0.1) is 0 Å². The smallest absolute Gasteiger partial charge is 0.227 e. The lowest BCUT2D eigenvalue weighted by atomic mass is 9.93. The van der Waals surface area contributed by atoms with Gasteiger partial charge >= 0.3 is 0 Å². The molecule has 1 aliphatic rings. The van der Waals surface area contributed by atoms with Crippen LogP contribution in [0.5, 0.6) is 0 Å². The summed E-state index contributed by atoms with van der Waals surface area (Å²) in [7, 11) is 4.15. The first-order valence-electron chi connectivity index (χ1n) is 10.9. The monoisotopic (exact) mass is 396 g/mol. The number of aryl methyl sites for hydroxylation is 2. The number of carbonyl (C=O) groups is 1. The third-order valence-electron chi connectivity index (χ3n) is 6.24. The number of hydrogen-bond donors (Lipinski definition) is 0. The maximum atomic E-state index is 13.4. The van der Waals surface area contributed by atoms with E-state index in [0.717, 1.165) is 48.6 Å². The van der Waals surface area contributed by atoms with Gasteiger partial charge in [0, 0.05) is 30.4 Å². The van der Waals surface area contributed by atoms with E-state index in [1.54, 1.807) is 0 Å². The Morgan fingerprint density at radius 1 is 1.07 bits per heavy atom. The summed E-state index contributed by atoms with van der Waals surface area (Å²) in [6.45, 7) is 7.92. The summed E-state index contributed by atoms with van der Waals surface area (Å²) in [6.07, 6.45) is 6.49. The Hall–Kier alpha value is -2.14. The van der Waals surface area contributed by atoms with Gasteiger partial charge in [-0.3, -0.25) is 4.79 Å². The highest BCUT2D eigenvalue weighted by Gasteiger charge is 2.27. The van der Waals surface area contributed by atoms with E-state index in [2.05, 4.69) is 49.9 Å². The average Bonchev–Trinajstić information content (AvgIpc) is 2.97. The van der Waals surface area contributed by atoms with E-state index in [0.29, 0.717) is 12.5 Å². The predicted molar refractivity (Wildman–Crippen MR) is 119 cm³/mol. The van der Waals surface area contributed by atoms with Crippen molar-refractivity contribution in [2.24, 2.45) is 0 Å². The fourth-order valence-corrected chi connectivity index (χ4v) is 4.43. The van der Waals surface area contributed by atoms with Crippen LogP contribution in [0.3, 0.4) is 0 Å². The van der Waals surface area contributed by atoms with Crippen LogP contribution < -0.4 is 0 Å². The maximum absolute atomic E-state index is 13.4. The Labute approximate surface area is 175 Å². The van der Waals surface area contributed by atoms with Crippen LogP contribution in [-0.2, 0) is 11.2 Å². The summed E-state index contributed by atoms with van der Waals surface area (Å²) >= 11 is 0. The van der Waals surface area contributed by atoms with E-state index >= 15 is 0 Å². The third-order valence-corrected chi connectivity index (χ3v) is 6.24. The quantitative estimate of drug-likeness (QED) is 0.709. The Morgan fingerprint density at radius 2 is 1.76 bits per heavy atom. The van der Waals surface area contributed by atoms with E-state index in [1.165, 1.54) is 24.8 Å². The van der Waals surface area contributed by atoms with Gasteiger partial charge in [-0.1, -0.05) is 37.5 Å². The Kier molecular flexibility index (Phi) is 7.12. The van der Waals surface area contributed by atoms with Crippen molar-refractivity contribution >= 4 is 5.91 Å². The maximum Gasteiger partial charge on any atom is 0.227 e. The predicted octanol–water partition coefficient (Wildman–Crippen LogP) is 4.06. The minimum atomic E-state index is 0.245. The second kappa shape index (κ2) is 9.57. The van der Waals surface area contributed by atoms with E-state index in [-0.39, 0.29) is 5.91 Å². The van der Waals surface area contributed by atoms with Crippen LogP contribution in [0.4, 0.5) is 0 Å². The molecular weight excluding hydrogens is 360 g/mol. The number of hydrogen-bond acceptors (Lipinski definition) is 3. The van der Waals surface area contributed by atoms with Crippen LogP contribution in [0.15, 0.2) is 24.3 Å². The molecular formula is C24H36N4O. The van der Waals surface area contributed by atoms with Crippen LogP contribution >= 0.6 is 0 Å². The molecule has 0 unspecified atom stereocenters. The molecule has 0 N–H and O–H groups in total. The lowest BCUT2D eigenvalue weighted by Gasteiger charge is -2.35. The molecule has 0 saturated heterocycles. The molecule has 0 aliphatic heterocycles. The fraction of sp³-hybridized carbons (Fsp3) is 0.583. The molecule has 5 heteroatoms. The highest BCUT2D eigenvalue weighted by atomic mass is 16.2. The van der Waals surface area contributed by atoms with Crippen molar-refractivity contribution in [2.75, 3.05) is 27.2 Å². The van der Waals surface area contributed by atoms with Crippen molar-refractivity contribution < 1.29 is 4.79 Å². The van der Waals surface area contributed by atoms with Crippen LogP contribution in [-0.4, -0.2) is 58.7 Å². The molecule has 1 aliphatic carbocycles. The van der Waals surface area contributed by atoms with E-state index in [1.807, 2.05) is 23.7 Å². The van der Waals surface area contributed by atoms with Crippen molar-refractivity contribution in [3.63, 3.8) is 0 Å². The molecule has 1 saturated carbocycles. The molecule has 1 heterocycles. The number of para-hydroxylation sites is 1. The number of rotatable bonds is 7. The van der Waals surface area contributed by atoms with E-state index < -0.39 is 0 Å². The third kappa shape index (κ3) is 5.08. The van der Waals surface area contributed by atoms with Crippen molar-refractivity contribution in [3.8, 4) is 5.69 Å². The molecule has 158 valence electrons. The molecule has 2 aromatic rings. The number of nitrogens with zero attached hydrogens (tertiary/aromatic N) is 4. The lowest BCUT2D eigenvalue weighted by Crippen LogP contribution is -2.45. The first kappa shape index (κ1) is 21.6. The van der Waals surface area contributed by atoms with Crippen LogP contribution in [0.1, 0.15) is 54.6 Å². The first-order valence-corrected chi connectivity index (χ1v) is 10.9. The van der Waals surface area contributed by atoms with Gasteiger partial charge in [0.25, 0.3) is 0 Å². The van der Waals surface area contributed by atoms with Gasteiger partial charge < -0.3 is 9.80 Å². The second-order valence-corrected chi connectivity index (χ2v) is 8.71. The van der Waals surface area contributed by atoms with E-state index in [9.17, 15) is 4.79 Å². The van der Waals surface area contributed by atoms with Gasteiger partial charge in [0.2, 0.25) is 5.91 Å². The van der Waals surface area contributed by atoms with Crippen LogP contribution in [0, 0.1) is 20.8 Å². The van der Waals surface area contributed by atoms with Gasteiger partial charge in [0.1, 0.15) is 0 Å². The number of carbonyl (C=O) groups excluding carboxylic acids is 1. The lowest BCUT2D eigenvalue weighted by molar-refractivity contribution is -0.133. The highest BCUT2D eigenvalue weighted by molar-refractivity contribution is 5.79. The van der Waals surface area contributed by atoms with Gasteiger partial charge in [0.15, 0.2) is 0 Å². The molecule has 0 atom stereocenters. The molecule has 0 bridgehead atoms. The normalized spacial score (nSPS) is 15.1. The summed E-state index contributed by atoms with van der Waals surface area (Å²) in [4.78, 5) is 17.7.